The first kappa shape index (κ1) is 16.6. The van der Waals surface area contributed by atoms with Gasteiger partial charge in [0.05, 0.1) is 6.04 Å². The number of benzene rings is 1. The van der Waals surface area contributed by atoms with Gasteiger partial charge in [-0.15, -0.1) is 0 Å². The molecule has 2 rings (SSSR count). The van der Waals surface area contributed by atoms with Crippen molar-refractivity contribution in [2.45, 2.75) is 38.1 Å². The maximum Gasteiger partial charge on any atom is 0.317 e. The summed E-state index contributed by atoms with van der Waals surface area (Å²) in [4.78, 5) is 24.5. The fourth-order valence-electron chi connectivity index (χ4n) is 3.29. The predicted molar refractivity (Wildman–Crippen MR) is 84.2 cm³/mol. The Morgan fingerprint density at radius 2 is 1.82 bits per heavy atom. The van der Waals surface area contributed by atoms with Crippen LogP contribution >= 0.6 is 0 Å². The minimum absolute atomic E-state index is 0.311. The van der Waals surface area contributed by atoms with Crippen molar-refractivity contribution in [2.24, 2.45) is 22.8 Å². The Labute approximate surface area is 130 Å². The Hall–Kier alpha value is -1.72. The van der Waals surface area contributed by atoms with Gasteiger partial charge in [-0.3, -0.25) is 9.59 Å². The van der Waals surface area contributed by atoms with Crippen LogP contribution in [-0.2, 0) is 16.0 Å². The third-order valence-corrected chi connectivity index (χ3v) is 4.81. The number of hydrogen-bond acceptors (Lipinski definition) is 4. The lowest BCUT2D eigenvalue weighted by molar-refractivity contribution is -0.158. The number of carbonyl (C=O) groups excluding carboxylic acids is 1. The summed E-state index contributed by atoms with van der Waals surface area (Å²) in [5, 5.41) is 9.63. The van der Waals surface area contributed by atoms with Gasteiger partial charge in [0.2, 0.25) is 0 Å². The summed E-state index contributed by atoms with van der Waals surface area (Å²) >= 11 is 0. The van der Waals surface area contributed by atoms with Crippen LogP contribution in [0, 0.1) is 11.3 Å². The molecule has 1 aromatic rings. The molecule has 1 saturated carbocycles. The molecule has 120 valence electrons. The quantitative estimate of drug-likeness (QED) is 0.688. The van der Waals surface area contributed by atoms with Gasteiger partial charge in [-0.05, 0) is 50.1 Å². The molecule has 1 aromatic carbocycles. The van der Waals surface area contributed by atoms with Crippen LogP contribution < -0.4 is 11.5 Å². The second-order valence-corrected chi connectivity index (χ2v) is 6.23. The molecule has 5 heteroatoms. The van der Waals surface area contributed by atoms with E-state index >= 15 is 0 Å². The highest BCUT2D eigenvalue weighted by molar-refractivity contribution is 6.05. The normalized spacial score (nSPS) is 26.4. The van der Waals surface area contributed by atoms with E-state index in [1.807, 2.05) is 30.3 Å². The minimum Gasteiger partial charge on any atom is -0.480 e. The molecule has 0 amide bonds. The largest absolute Gasteiger partial charge is 0.480 e. The molecule has 0 aliphatic heterocycles. The van der Waals surface area contributed by atoms with Crippen molar-refractivity contribution in [1.29, 1.82) is 0 Å². The molecular formula is C17H24N2O3. The lowest BCUT2D eigenvalue weighted by atomic mass is 9.66. The van der Waals surface area contributed by atoms with Crippen molar-refractivity contribution in [3.05, 3.63) is 35.9 Å². The molecule has 0 unspecified atom stereocenters. The average Bonchev–Trinajstić information content (AvgIpc) is 2.54. The number of rotatable bonds is 6. The minimum atomic E-state index is -1.33. The summed E-state index contributed by atoms with van der Waals surface area (Å²) in [7, 11) is 0. The van der Waals surface area contributed by atoms with E-state index in [4.69, 9.17) is 11.5 Å². The van der Waals surface area contributed by atoms with Crippen molar-refractivity contribution in [3.8, 4) is 0 Å². The first-order valence-corrected chi connectivity index (χ1v) is 7.77. The van der Waals surface area contributed by atoms with E-state index < -0.39 is 17.4 Å². The van der Waals surface area contributed by atoms with E-state index in [-0.39, 0.29) is 5.78 Å². The summed E-state index contributed by atoms with van der Waals surface area (Å²) < 4.78 is 0. The highest BCUT2D eigenvalue weighted by Gasteiger charge is 2.49. The van der Waals surface area contributed by atoms with Gasteiger partial charge >= 0.3 is 5.97 Å². The molecule has 0 saturated heterocycles. The van der Waals surface area contributed by atoms with Crippen LogP contribution in [0.1, 0.15) is 31.2 Å². The van der Waals surface area contributed by atoms with Crippen molar-refractivity contribution < 1.29 is 14.7 Å². The second-order valence-electron chi connectivity index (χ2n) is 6.23. The zero-order chi connectivity index (χ0) is 16.2. The van der Waals surface area contributed by atoms with Crippen LogP contribution in [0.2, 0.25) is 0 Å². The highest BCUT2D eigenvalue weighted by Crippen LogP contribution is 2.40. The topological polar surface area (TPSA) is 106 Å². The average molecular weight is 304 g/mol. The predicted octanol–water partition coefficient (Wildman–Crippen LogP) is 1.35. The molecule has 1 aliphatic rings. The van der Waals surface area contributed by atoms with Crippen LogP contribution in [0.15, 0.2) is 30.3 Å². The van der Waals surface area contributed by atoms with E-state index in [9.17, 15) is 14.7 Å². The van der Waals surface area contributed by atoms with E-state index in [0.717, 1.165) is 5.56 Å². The Bertz CT molecular complexity index is 522. The summed E-state index contributed by atoms with van der Waals surface area (Å²) in [5.41, 5.74) is 11.3. The Kier molecular flexibility index (Phi) is 5.32. The number of nitrogens with two attached hydrogens (primary N) is 2. The third kappa shape index (κ3) is 3.36. The molecule has 1 aliphatic carbocycles. The third-order valence-electron chi connectivity index (χ3n) is 4.81. The van der Waals surface area contributed by atoms with Gasteiger partial charge in [-0.25, -0.2) is 0 Å². The smallest absolute Gasteiger partial charge is 0.317 e. The second kappa shape index (κ2) is 7.03. The SMILES string of the molecule is NCC1CCC(C(=O)O)(C(=O)[C@@H](N)Cc2ccccc2)CC1. The lowest BCUT2D eigenvalue weighted by Gasteiger charge is -2.36. The van der Waals surface area contributed by atoms with Crippen LogP contribution in [0.5, 0.6) is 0 Å². The summed E-state index contributed by atoms with van der Waals surface area (Å²) in [6.45, 7) is 0.542. The van der Waals surface area contributed by atoms with Crippen LogP contribution in [-0.4, -0.2) is 29.4 Å². The lowest BCUT2D eigenvalue weighted by Crippen LogP contribution is -2.51. The Morgan fingerprint density at radius 3 is 2.32 bits per heavy atom. The van der Waals surface area contributed by atoms with Gasteiger partial charge in [0.15, 0.2) is 5.78 Å². The summed E-state index contributed by atoms with van der Waals surface area (Å²) in [6, 6.07) is 8.66. The molecule has 0 spiro atoms. The Morgan fingerprint density at radius 1 is 1.23 bits per heavy atom. The highest BCUT2D eigenvalue weighted by atomic mass is 16.4. The summed E-state index contributed by atoms with van der Waals surface area (Å²) in [5.74, 6) is -1.08. The fraction of sp³-hybridized carbons (Fsp3) is 0.529. The first-order valence-electron chi connectivity index (χ1n) is 7.77. The molecule has 0 heterocycles. The maximum absolute atomic E-state index is 12.7. The van der Waals surface area contributed by atoms with Crippen LogP contribution in [0.25, 0.3) is 0 Å². The van der Waals surface area contributed by atoms with Crippen LogP contribution in [0.3, 0.4) is 0 Å². The van der Waals surface area contributed by atoms with Gasteiger partial charge in [0.25, 0.3) is 0 Å². The summed E-state index contributed by atoms with van der Waals surface area (Å²) in [6.07, 6.45) is 2.39. The monoisotopic (exact) mass is 304 g/mol. The number of aliphatic carboxylic acids is 1. The van der Waals surface area contributed by atoms with Gasteiger partial charge < -0.3 is 16.6 Å². The molecule has 5 nitrogen and oxygen atoms in total. The molecule has 22 heavy (non-hydrogen) atoms. The van der Waals surface area contributed by atoms with E-state index in [2.05, 4.69) is 0 Å². The van der Waals surface area contributed by atoms with Gasteiger partial charge in [-0.1, -0.05) is 30.3 Å². The standard InChI is InChI=1S/C17H24N2O3/c18-11-13-6-8-17(9-7-13,16(21)22)15(20)14(19)10-12-4-2-1-3-5-12/h1-5,13-14H,6-11,18-19H2,(H,21,22)/t13?,14-,17?/m0/s1. The Balaban J connectivity index is 2.11. The number of hydrogen-bond donors (Lipinski definition) is 3. The van der Waals surface area contributed by atoms with Gasteiger partial charge in [0, 0.05) is 0 Å². The van der Waals surface area contributed by atoms with Crippen molar-refractivity contribution in [1.82, 2.24) is 0 Å². The maximum atomic E-state index is 12.7. The molecular weight excluding hydrogens is 280 g/mol. The number of carboxylic acids is 1. The van der Waals surface area contributed by atoms with Crippen LogP contribution in [0.4, 0.5) is 0 Å². The number of Topliss-reactive ketones (excluding diaryl/α,β-unsaturated/α-hetero) is 1. The van der Waals surface area contributed by atoms with Gasteiger partial charge in [0.1, 0.15) is 5.41 Å². The number of ketones is 1. The first-order chi connectivity index (χ1) is 10.5. The van der Waals surface area contributed by atoms with E-state index in [0.29, 0.717) is 44.6 Å². The van der Waals surface area contributed by atoms with E-state index in [1.54, 1.807) is 0 Å². The zero-order valence-electron chi connectivity index (χ0n) is 12.7. The molecule has 0 bridgehead atoms. The fourth-order valence-corrected chi connectivity index (χ4v) is 3.29. The molecule has 0 aromatic heterocycles. The van der Waals surface area contributed by atoms with Gasteiger partial charge in [-0.2, -0.15) is 0 Å². The van der Waals surface area contributed by atoms with E-state index in [1.165, 1.54) is 0 Å². The van der Waals surface area contributed by atoms with Crippen molar-refractivity contribution in [3.63, 3.8) is 0 Å². The molecule has 0 radical (unpaired) electrons. The molecule has 1 fully saturated rings. The van der Waals surface area contributed by atoms with Crippen molar-refractivity contribution in [2.75, 3.05) is 6.54 Å². The zero-order valence-corrected chi connectivity index (χ0v) is 12.7. The molecule has 1 atom stereocenters. The van der Waals surface area contributed by atoms with Crippen molar-refractivity contribution >= 4 is 11.8 Å². The number of carbonyl (C=O) groups is 2. The number of carboxylic acid groups (broad SMARTS) is 1. The molecule has 5 N–H and O–H groups in total.